The third kappa shape index (κ3) is 65.3. The summed E-state index contributed by atoms with van der Waals surface area (Å²) >= 11 is 0. The van der Waals surface area contributed by atoms with Crippen molar-refractivity contribution in [1.29, 1.82) is 0 Å². The van der Waals surface area contributed by atoms with Crippen molar-refractivity contribution >= 4 is 17.9 Å². The highest BCUT2D eigenvalue weighted by Crippen LogP contribution is 2.17. The zero-order valence-electron chi connectivity index (χ0n) is 52.4. The van der Waals surface area contributed by atoms with E-state index in [4.69, 9.17) is 14.2 Å². The van der Waals surface area contributed by atoms with Gasteiger partial charge < -0.3 is 14.2 Å². The Balaban J connectivity index is 4.29. The van der Waals surface area contributed by atoms with E-state index < -0.39 is 6.10 Å². The van der Waals surface area contributed by atoms with Gasteiger partial charge in [0.05, 0.1) is 0 Å². The van der Waals surface area contributed by atoms with Crippen LogP contribution in [0.4, 0.5) is 0 Å². The van der Waals surface area contributed by atoms with Crippen LogP contribution in [-0.2, 0) is 28.6 Å². The fraction of sp³-hybridized carbons (Fsp3) is 0.767. The maximum absolute atomic E-state index is 12.9. The quantitative estimate of drug-likeness (QED) is 0.0261. The number of rotatable bonds is 62. The van der Waals surface area contributed by atoms with E-state index >= 15 is 0 Å². The molecule has 0 aromatic rings. The molecule has 0 saturated carbocycles. The normalized spacial score (nSPS) is 12.6. The number of carbonyl (C=O) groups excluding carboxylic acids is 3. The molecule has 1 unspecified atom stereocenters. The van der Waals surface area contributed by atoms with Crippen LogP contribution in [0.1, 0.15) is 342 Å². The lowest BCUT2D eigenvalue weighted by Gasteiger charge is -2.18. The Morgan fingerprint density at radius 1 is 0.266 bits per heavy atom. The standard InChI is InChI=1S/C73H128O6/c1-4-7-10-13-16-19-22-25-27-29-31-33-34-35-36-37-38-40-41-43-45-48-51-54-57-60-63-66-72(75)78-69-70(68-77-71(74)65-62-59-56-53-50-47-24-21-18-15-12-9-6-3)79-73(76)67-64-61-58-55-52-49-46-44-42-39-32-30-28-26-23-20-17-14-11-8-5-2/h8,11,17,20-21,24,26,28-29,31-32,39,44,46,70H,4-7,9-10,12-16,18-19,22-23,25,27,30,33-38,40-43,45,47-69H2,1-3H3/b11-8-,20-17-,24-21-,28-26-,31-29-,39-32-,46-44-. The van der Waals surface area contributed by atoms with Crippen LogP contribution in [0, 0.1) is 0 Å². The number of ether oxygens (including phenoxy) is 3. The molecule has 0 aromatic carbocycles. The Labute approximate surface area is 490 Å². The van der Waals surface area contributed by atoms with Gasteiger partial charge in [-0.3, -0.25) is 14.4 Å². The van der Waals surface area contributed by atoms with Gasteiger partial charge in [0.2, 0.25) is 0 Å². The summed E-state index contributed by atoms with van der Waals surface area (Å²) in [5.74, 6) is -0.899. The maximum atomic E-state index is 12.9. The molecule has 0 aliphatic rings. The van der Waals surface area contributed by atoms with Crippen molar-refractivity contribution in [2.75, 3.05) is 13.2 Å². The van der Waals surface area contributed by atoms with Gasteiger partial charge in [0, 0.05) is 19.3 Å². The van der Waals surface area contributed by atoms with Crippen molar-refractivity contribution < 1.29 is 28.6 Å². The predicted octanol–water partition coefficient (Wildman–Crippen LogP) is 23.4. The molecule has 0 saturated heterocycles. The molecule has 0 aliphatic carbocycles. The van der Waals surface area contributed by atoms with E-state index in [-0.39, 0.29) is 31.1 Å². The summed E-state index contributed by atoms with van der Waals surface area (Å²) < 4.78 is 16.9. The van der Waals surface area contributed by atoms with E-state index in [9.17, 15) is 14.4 Å². The molecule has 0 bridgehead atoms. The lowest BCUT2D eigenvalue weighted by molar-refractivity contribution is -0.167. The summed E-state index contributed by atoms with van der Waals surface area (Å²) in [4.78, 5) is 38.4. The van der Waals surface area contributed by atoms with Crippen molar-refractivity contribution in [3.05, 3.63) is 85.1 Å². The Bertz CT molecular complexity index is 1500. The lowest BCUT2D eigenvalue weighted by atomic mass is 10.0. The number of hydrogen-bond donors (Lipinski definition) is 0. The second-order valence-corrected chi connectivity index (χ2v) is 22.7. The fourth-order valence-corrected chi connectivity index (χ4v) is 9.76. The third-order valence-corrected chi connectivity index (χ3v) is 14.9. The van der Waals surface area contributed by atoms with Crippen molar-refractivity contribution in [2.45, 2.75) is 348 Å². The van der Waals surface area contributed by atoms with Crippen molar-refractivity contribution in [3.8, 4) is 0 Å². The third-order valence-electron chi connectivity index (χ3n) is 14.9. The summed E-state index contributed by atoms with van der Waals surface area (Å²) in [5, 5.41) is 0. The van der Waals surface area contributed by atoms with E-state index in [1.807, 2.05) is 0 Å². The minimum Gasteiger partial charge on any atom is -0.462 e. The fourth-order valence-electron chi connectivity index (χ4n) is 9.76. The van der Waals surface area contributed by atoms with E-state index in [1.54, 1.807) is 0 Å². The van der Waals surface area contributed by atoms with Crippen molar-refractivity contribution in [3.63, 3.8) is 0 Å². The number of hydrogen-bond acceptors (Lipinski definition) is 6. The molecule has 0 heterocycles. The predicted molar refractivity (Wildman–Crippen MR) is 344 cm³/mol. The molecule has 0 N–H and O–H groups in total. The molecule has 0 spiro atoms. The second kappa shape index (κ2) is 67.1. The average molecular weight is 1100 g/mol. The van der Waals surface area contributed by atoms with E-state index in [1.165, 1.54) is 186 Å². The van der Waals surface area contributed by atoms with Crippen LogP contribution in [0.25, 0.3) is 0 Å². The minimum atomic E-state index is -0.791. The SMILES string of the molecule is CC/C=C\C/C=C\C/C=C\C/C=C\C/C=C\CCCCCCCC(=O)OC(COC(=O)CCCCCCC/C=C\CCCCCC)COC(=O)CCCCCCCCCCCCCCCCC/C=C\CCCCCCCCCC. The second-order valence-electron chi connectivity index (χ2n) is 22.7. The zero-order chi connectivity index (χ0) is 57.1. The molecule has 0 radical (unpaired) electrons. The Kier molecular flexibility index (Phi) is 64.2. The topological polar surface area (TPSA) is 78.9 Å². The van der Waals surface area contributed by atoms with Gasteiger partial charge in [-0.25, -0.2) is 0 Å². The molecule has 0 rings (SSSR count). The summed E-state index contributed by atoms with van der Waals surface area (Å²) in [6.45, 7) is 6.53. The molecular formula is C73H128O6. The first-order valence-electron chi connectivity index (χ1n) is 34.1. The number of esters is 3. The molecular weight excluding hydrogens is 973 g/mol. The Hall–Kier alpha value is -3.41. The van der Waals surface area contributed by atoms with Gasteiger partial charge in [0.1, 0.15) is 13.2 Å². The molecule has 6 nitrogen and oxygen atoms in total. The molecule has 0 aromatic heterocycles. The van der Waals surface area contributed by atoms with Crippen LogP contribution in [0.5, 0.6) is 0 Å². The molecule has 456 valence electrons. The van der Waals surface area contributed by atoms with E-state index in [0.29, 0.717) is 19.3 Å². The molecule has 79 heavy (non-hydrogen) atoms. The smallest absolute Gasteiger partial charge is 0.306 e. The van der Waals surface area contributed by atoms with Gasteiger partial charge in [0.15, 0.2) is 6.10 Å². The van der Waals surface area contributed by atoms with Crippen LogP contribution in [0.3, 0.4) is 0 Å². The van der Waals surface area contributed by atoms with E-state index in [0.717, 1.165) is 116 Å². The first kappa shape index (κ1) is 75.6. The van der Waals surface area contributed by atoms with E-state index in [2.05, 4.69) is 106 Å². The molecule has 0 amide bonds. The summed E-state index contributed by atoms with van der Waals surface area (Å²) in [6.07, 6.45) is 88.9. The summed E-state index contributed by atoms with van der Waals surface area (Å²) in [6, 6.07) is 0. The van der Waals surface area contributed by atoms with Gasteiger partial charge in [-0.1, -0.05) is 292 Å². The molecule has 0 aliphatic heterocycles. The van der Waals surface area contributed by atoms with Crippen LogP contribution in [-0.4, -0.2) is 37.2 Å². The monoisotopic (exact) mass is 1100 g/mol. The van der Waals surface area contributed by atoms with Crippen LogP contribution >= 0.6 is 0 Å². The highest BCUT2D eigenvalue weighted by atomic mass is 16.6. The summed E-state index contributed by atoms with van der Waals surface area (Å²) in [7, 11) is 0. The number of allylic oxidation sites excluding steroid dienone is 14. The highest BCUT2D eigenvalue weighted by Gasteiger charge is 2.19. The Morgan fingerprint density at radius 3 is 0.797 bits per heavy atom. The molecule has 1 atom stereocenters. The lowest BCUT2D eigenvalue weighted by Crippen LogP contribution is -2.30. The first-order valence-corrected chi connectivity index (χ1v) is 34.1. The molecule has 6 heteroatoms. The first-order chi connectivity index (χ1) is 39.0. The highest BCUT2D eigenvalue weighted by molar-refractivity contribution is 5.71. The zero-order valence-corrected chi connectivity index (χ0v) is 52.4. The maximum Gasteiger partial charge on any atom is 0.306 e. The average Bonchev–Trinajstić information content (AvgIpc) is 3.45. The van der Waals surface area contributed by atoms with Gasteiger partial charge in [0.25, 0.3) is 0 Å². The summed E-state index contributed by atoms with van der Waals surface area (Å²) in [5.41, 5.74) is 0. The largest absolute Gasteiger partial charge is 0.462 e. The van der Waals surface area contributed by atoms with Crippen LogP contribution in [0.2, 0.25) is 0 Å². The van der Waals surface area contributed by atoms with Crippen LogP contribution in [0.15, 0.2) is 85.1 Å². The number of carbonyl (C=O) groups is 3. The van der Waals surface area contributed by atoms with Gasteiger partial charge >= 0.3 is 17.9 Å². The van der Waals surface area contributed by atoms with Gasteiger partial charge in [-0.05, 0) is 116 Å². The van der Waals surface area contributed by atoms with Crippen molar-refractivity contribution in [1.82, 2.24) is 0 Å². The van der Waals surface area contributed by atoms with Gasteiger partial charge in [-0.15, -0.1) is 0 Å². The van der Waals surface area contributed by atoms with Gasteiger partial charge in [-0.2, -0.15) is 0 Å². The Morgan fingerprint density at radius 2 is 0.494 bits per heavy atom. The van der Waals surface area contributed by atoms with Crippen molar-refractivity contribution in [2.24, 2.45) is 0 Å². The minimum absolute atomic E-state index is 0.0852. The number of unbranched alkanes of at least 4 members (excludes halogenated alkanes) is 37. The van der Waals surface area contributed by atoms with Crippen LogP contribution < -0.4 is 0 Å². The molecule has 0 fully saturated rings.